The van der Waals surface area contributed by atoms with Crippen molar-refractivity contribution < 1.29 is 9.57 Å². The van der Waals surface area contributed by atoms with Gasteiger partial charge >= 0.3 is 0 Å². The summed E-state index contributed by atoms with van der Waals surface area (Å²) in [6.07, 6.45) is 17.2. The van der Waals surface area contributed by atoms with Gasteiger partial charge < -0.3 is 19.8 Å². The van der Waals surface area contributed by atoms with E-state index in [-0.39, 0.29) is 0 Å². The maximum atomic E-state index is 8.25. The van der Waals surface area contributed by atoms with Crippen molar-refractivity contribution in [3.63, 3.8) is 0 Å². The molecule has 0 spiro atoms. The van der Waals surface area contributed by atoms with E-state index in [0.29, 0.717) is 0 Å². The maximum Gasteiger partial charge on any atom is 0.104 e. The smallest absolute Gasteiger partial charge is 0.104 e. The Morgan fingerprint density at radius 2 is 1.14 bits per heavy atom. The highest BCUT2D eigenvalue weighted by molar-refractivity contribution is 5.13. The van der Waals surface area contributed by atoms with Gasteiger partial charge in [-0.15, -0.1) is 0 Å². The molecule has 5 nitrogen and oxygen atoms in total. The fourth-order valence-corrected chi connectivity index (χ4v) is 3.54. The summed E-state index contributed by atoms with van der Waals surface area (Å²) in [5.41, 5.74) is 1.46. The average molecular weight is 395 g/mol. The second-order valence-corrected chi connectivity index (χ2v) is 8.42. The Morgan fingerprint density at radius 3 is 1.57 bits per heavy atom. The number of rotatable bonds is 15. The number of hydrogen-bond donors (Lipinski definition) is 0. The molecule has 0 aliphatic carbocycles. The highest BCUT2D eigenvalue weighted by Gasteiger charge is 2.14. The number of hydrogen-bond acceptors (Lipinski definition) is 3. The van der Waals surface area contributed by atoms with Crippen LogP contribution < -0.4 is 0 Å². The van der Waals surface area contributed by atoms with Gasteiger partial charge in [-0.05, 0) is 12.8 Å². The van der Waals surface area contributed by atoms with Gasteiger partial charge in [0.2, 0.25) is 0 Å². The van der Waals surface area contributed by atoms with Crippen molar-refractivity contribution in [3.8, 4) is 0 Å². The molecule has 0 saturated heterocycles. The summed E-state index contributed by atoms with van der Waals surface area (Å²) in [5.74, 6) is 0. The zero-order chi connectivity index (χ0) is 21.1. The number of nitrogens with zero attached hydrogens (tertiary/aromatic N) is 2. The summed E-state index contributed by atoms with van der Waals surface area (Å²) >= 11 is 0. The molecule has 0 unspecified atom stereocenters. The van der Waals surface area contributed by atoms with Gasteiger partial charge in [0.25, 0.3) is 0 Å². The molecule has 0 aromatic heterocycles. The molecule has 5 heteroatoms. The molecule has 1 aromatic rings. The molecular weight excluding hydrogens is 352 g/mol. The average Bonchev–Trinajstić information content (AvgIpc) is 2.62. The largest absolute Gasteiger partial charge is 0.356 e. The van der Waals surface area contributed by atoms with Crippen molar-refractivity contribution in [1.82, 2.24) is 0 Å². The third-order valence-corrected chi connectivity index (χ3v) is 5.07. The Hall–Kier alpha value is -1.62. The zero-order valence-electron chi connectivity index (χ0n) is 18.4. The first-order valence-corrected chi connectivity index (χ1v) is 11.0. The van der Waals surface area contributed by atoms with E-state index in [1.165, 1.54) is 89.2 Å². The van der Waals surface area contributed by atoms with E-state index >= 15 is 0 Å². The minimum Gasteiger partial charge on any atom is -0.356 e. The molecule has 1 rings (SSSR count). The van der Waals surface area contributed by atoms with E-state index in [9.17, 15) is 0 Å². The molecule has 1 aromatic carbocycles. The van der Waals surface area contributed by atoms with Crippen LogP contribution in [0.5, 0.6) is 0 Å². The second-order valence-electron chi connectivity index (χ2n) is 8.42. The molecule has 0 heterocycles. The quantitative estimate of drug-likeness (QED) is 0.143. The first kappa shape index (κ1) is 26.4. The minimum absolute atomic E-state index is 1.11. The van der Waals surface area contributed by atoms with E-state index in [4.69, 9.17) is 15.3 Å². The number of unbranched alkanes of at least 4 members (excludes halogenated alkanes) is 11. The van der Waals surface area contributed by atoms with E-state index in [1.807, 2.05) is 0 Å². The van der Waals surface area contributed by atoms with Crippen LogP contribution in [0, 0.1) is 15.3 Å². The molecule has 0 fully saturated rings. The van der Waals surface area contributed by atoms with Gasteiger partial charge in [-0.3, -0.25) is 0 Å². The molecule has 162 valence electrons. The third-order valence-electron chi connectivity index (χ3n) is 5.07. The summed E-state index contributed by atoms with van der Waals surface area (Å²) < 4.78 is 1.11. The van der Waals surface area contributed by atoms with Gasteiger partial charge in [-0.25, -0.2) is 0 Å². The van der Waals surface area contributed by atoms with E-state index in [2.05, 4.69) is 51.4 Å². The first-order valence-electron chi connectivity index (χ1n) is 11.0. The van der Waals surface area contributed by atoms with Crippen LogP contribution >= 0.6 is 0 Å². The fraction of sp³-hybridized carbons (Fsp3) is 0.739. The lowest BCUT2D eigenvalue weighted by Crippen LogP contribution is -2.39. The summed E-state index contributed by atoms with van der Waals surface area (Å²) in [5, 5.41) is 14.8. The monoisotopic (exact) mass is 394 g/mol. The number of benzene rings is 1. The Morgan fingerprint density at radius 1 is 0.750 bits per heavy atom. The minimum atomic E-state index is -1.75. The fourth-order valence-electron chi connectivity index (χ4n) is 3.54. The molecule has 0 radical (unpaired) electrons. The molecule has 0 aliphatic heterocycles. The summed E-state index contributed by atoms with van der Waals surface area (Å²) in [6, 6.07) is 10.9. The van der Waals surface area contributed by atoms with Crippen LogP contribution in [0.1, 0.15) is 89.5 Å². The lowest BCUT2D eigenvalue weighted by atomic mass is 10.1. The van der Waals surface area contributed by atoms with Crippen molar-refractivity contribution >= 4 is 0 Å². The topological polar surface area (TPSA) is 66.2 Å². The van der Waals surface area contributed by atoms with Crippen molar-refractivity contribution in [2.75, 3.05) is 20.6 Å². The standard InChI is InChI=1S/C23H42N.NO3/c1-4-5-6-7-8-9-10-11-12-13-14-18-21-24(2,3)22-23-19-16-15-17-20-23;2-1(3)4/h15-17,19-20H,4-14,18,21-22H2,1-3H3;/q+1;-1. The molecule has 0 N–H and O–H groups in total. The van der Waals surface area contributed by atoms with Crippen molar-refractivity contribution in [1.29, 1.82) is 0 Å². The lowest BCUT2D eigenvalue weighted by Gasteiger charge is -2.30. The van der Waals surface area contributed by atoms with Crippen molar-refractivity contribution in [3.05, 3.63) is 51.2 Å². The molecule has 0 aliphatic rings. The van der Waals surface area contributed by atoms with Gasteiger partial charge in [0.05, 0.1) is 25.7 Å². The van der Waals surface area contributed by atoms with Crippen LogP contribution in [0.3, 0.4) is 0 Å². The molecule has 0 saturated carbocycles. The molecule has 0 atom stereocenters. The van der Waals surface area contributed by atoms with E-state index in [1.54, 1.807) is 0 Å². The second kappa shape index (κ2) is 17.5. The van der Waals surface area contributed by atoms with E-state index < -0.39 is 5.09 Å². The molecular formula is C23H42N2O3. The molecule has 28 heavy (non-hydrogen) atoms. The highest BCUT2D eigenvalue weighted by Crippen LogP contribution is 2.14. The van der Waals surface area contributed by atoms with Gasteiger partial charge in [0, 0.05) is 5.56 Å². The van der Waals surface area contributed by atoms with Crippen LogP contribution in [-0.4, -0.2) is 30.2 Å². The number of quaternary nitrogens is 1. The summed E-state index contributed by atoms with van der Waals surface area (Å²) in [4.78, 5) is 8.25. The van der Waals surface area contributed by atoms with Crippen LogP contribution in [0.15, 0.2) is 30.3 Å². The Balaban J connectivity index is 0.00000165. The lowest BCUT2D eigenvalue weighted by molar-refractivity contribution is -0.903. The van der Waals surface area contributed by atoms with Gasteiger partial charge in [-0.2, -0.15) is 0 Å². The first-order chi connectivity index (χ1) is 13.4. The van der Waals surface area contributed by atoms with Crippen LogP contribution in [0.4, 0.5) is 0 Å². The van der Waals surface area contributed by atoms with Crippen LogP contribution in [0.25, 0.3) is 0 Å². The Kier molecular flexibility index (Phi) is 16.5. The Bertz CT molecular complexity index is 474. The highest BCUT2D eigenvalue weighted by atomic mass is 16.9. The summed E-state index contributed by atoms with van der Waals surface area (Å²) in [7, 11) is 4.73. The van der Waals surface area contributed by atoms with E-state index in [0.717, 1.165) is 11.0 Å². The molecule has 0 amide bonds. The van der Waals surface area contributed by atoms with Crippen molar-refractivity contribution in [2.45, 2.75) is 90.5 Å². The maximum absolute atomic E-state index is 8.25. The SMILES string of the molecule is CCCCCCCCCCCCCC[N+](C)(C)Cc1ccccc1.O=[N+]([O-])[O-]. The normalized spacial score (nSPS) is 11.0. The predicted molar refractivity (Wildman–Crippen MR) is 119 cm³/mol. The summed E-state index contributed by atoms with van der Waals surface area (Å²) in [6.45, 7) is 4.74. The van der Waals surface area contributed by atoms with Gasteiger partial charge in [0.1, 0.15) is 6.54 Å². The van der Waals surface area contributed by atoms with Crippen LogP contribution in [-0.2, 0) is 6.54 Å². The van der Waals surface area contributed by atoms with Gasteiger partial charge in [-0.1, -0.05) is 101 Å². The zero-order valence-corrected chi connectivity index (χ0v) is 18.4. The Labute approximate surface area is 172 Å². The molecule has 0 bridgehead atoms. The van der Waals surface area contributed by atoms with Gasteiger partial charge in [0.15, 0.2) is 0 Å². The third kappa shape index (κ3) is 19.2. The van der Waals surface area contributed by atoms with Crippen molar-refractivity contribution in [2.24, 2.45) is 0 Å². The van der Waals surface area contributed by atoms with Crippen LogP contribution in [0.2, 0.25) is 0 Å². The predicted octanol–water partition coefficient (Wildman–Crippen LogP) is 6.73.